The summed E-state index contributed by atoms with van der Waals surface area (Å²) in [4.78, 5) is 37.7. The summed E-state index contributed by atoms with van der Waals surface area (Å²) in [5.74, 6) is -0.365. The fourth-order valence-corrected chi connectivity index (χ4v) is 4.36. The van der Waals surface area contributed by atoms with Crippen LogP contribution in [0, 0.1) is 3.57 Å². The number of hydrogen-bond donors (Lipinski definition) is 2. The van der Waals surface area contributed by atoms with Gasteiger partial charge in [-0.3, -0.25) is 9.59 Å². The van der Waals surface area contributed by atoms with Crippen LogP contribution < -0.4 is 25.0 Å². The van der Waals surface area contributed by atoms with Crippen molar-refractivity contribution in [3.8, 4) is 17.2 Å². The molecule has 2 N–H and O–H groups in total. The third-order valence-corrected chi connectivity index (χ3v) is 6.60. The van der Waals surface area contributed by atoms with E-state index in [4.69, 9.17) is 14.2 Å². The maximum absolute atomic E-state index is 13.0. The number of nitrogens with zero attached hydrogens (tertiary/aromatic N) is 1. The lowest BCUT2D eigenvalue weighted by Gasteiger charge is -2.12. The molecular weight excluding hydrogens is 613 g/mol. The van der Waals surface area contributed by atoms with Crippen LogP contribution in [0.3, 0.4) is 0 Å². The number of hydrazone groups is 1. The molecule has 2 amide bonds. The van der Waals surface area contributed by atoms with Crippen LogP contribution in [-0.2, 0) is 4.79 Å². The molecule has 9 nitrogen and oxygen atoms in total. The smallest absolute Gasteiger partial charge is 0.343 e. The third kappa shape index (κ3) is 6.71. The summed E-state index contributed by atoms with van der Waals surface area (Å²) >= 11 is 2.06. The lowest BCUT2D eigenvalue weighted by atomic mass is 10.0. The molecule has 0 unspecified atom stereocenters. The van der Waals surface area contributed by atoms with Gasteiger partial charge in [-0.05, 0) is 69.8 Å². The SMILES string of the molecule is COc1ccc(C(=O)Oc2ccc3ccccc3c2C=NNC(=O)CNC(=O)c2ccccc2I)cc1OC. The van der Waals surface area contributed by atoms with Gasteiger partial charge in [-0.25, -0.2) is 10.2 Å². The molecule has 0 fully saturated rings. The molecule has 39 heavy (non-hydrogen) atoms. The minimum Gasteiger partial charge on any atom is -0.493 e. The largest absolute Gasteiger partial charge is 0.493 e. The molecule has 10 heteroatoms. The third-order valence-electron chi connectivity index (χ3n) is 5.66. The van der Waals surface area contributed by atoms with Crippen LogP contribution in [0.1, 0.15) is 26.3 Å². The Morgan fingerprint density at radius 1 is 0.872 bits per heavy atom. The standard InChI is InChI=1S/C29H24IN3O6/c1-37-25-14-12-19(15-26(25)38-2)29(36)39-24-13-11-18-7-3-4-8-20(18)22(24)16-32-33-27(34)17-31-28(35)21-9-5-6-10-23(21)30/h3-16H,17H2,1-2H3,(H,31,35)(H,33,34). The van der Waals surface area contributed by atoms with Crippen molar-refractivity contribution < 1.29 is 28.6 Å². The van der Waals surface area contributed by atoms with E-state index in [0.29, 0.717) is 22.6 Å². The first-order chi connectivity index (χ1) is 18.9. The van der Waals surface area contributed by atoms with Crippen molar-refractivity contribution in [3.05, 3.63) is 99.1 Å². The molecule has 0 radical (unpaired) electrons. The van der Waals surface area contributed by atoms with Crippen LogP contribution >= 0.6 is 22.6 Å². The van der Waals surface area contributed by atoms with Gasteiger partial charge in [-0.15, -0.1) is 0 Å². The van der Waals surface area contributed by atoms with Crippen molar-refractivity contribution >= 4 is 57.4 Å². The predicted molar refractivity (Wildman–Crippen MR) is 156 cm³/mol. The average Bonchev–Trinajstić information content (AvgIpc) is 2.96. The van der Waals surface area contributed by atoms with E-state index in [9.17, 15) is 14.4 Å². The molecule has 4 rings (SSSR count). The van der Waals surface area contributed by atoms with Gasteiger partial charge in [0.15, 0.2) is 11.5 Å². The lowest BCUT2D eigenvalue weighted by molar-refractivity contribution is -0.120. The van der Waals surface area contributed by atoms with Crippen LogP contribution in [0.2, 0.25) is 0 Å². The number of halogens is 1. The monoisotopic (exact) mass is 637 g/mol. The second kappa shape index (κ2) is 12.9. The Labute approximate surface area is 238 Å². The van der Waals surface area contributed by atoms with Gasteiger partial charge in [-0.1, -0.05) is 42.5 Å². The second-order valence-electron chi connectivity index (χ2n) is 8.11. The van der Waals surface area contributed by atoms with Crippen LogP contribution in [-0.4, -0.2) is 44.8 Å². The number of hydrogen-bond acceptors (Lipinski definition) is 7. The molecule has 198 valence electrons. The molecule has 0 heterocycles. The van der Waals surface area contributed by atoms with E-state index in [1.54, 1.807) is 36.4 Å². The number of carbonyl (C=O) groups is 3. The van der Waals surface area contributed by atoms with Gasteiger partial charge in [0, 0.05) is 9.13 Å². The summed E-state index contributed by atoms with van der Waals surface area (Å²) in [5.41, 5.74) is 3.63. The average molecular weight is 637 g/mol. The van der Waals surface area contributed by atoms with Crippen LogP contribution in [0.15, 0.2) is 84.0 Å². The second-order valence-corrected chi connectivity index (χ2v) is 9.28. The first-order valence-electron chi connectivity index (χ1n) is 11.7. The highest BCUT2D eigenvalue weighted by Crippen LogP contribution is 2.30. The summed E-state index contributed by atoms with van der Waals surface area (Å²) in [5, 5.41) is 8.27. The lowest BCUT2D eigenvalue weighted by Crippen LogP contribution is -2.35. The number of ether oxygens (including phenoxy) is 3. The highest BCUT2D eigenvalue weighted by Gasteiger charge is 2.16. The van der Waals surface area contributed by atoms with E-state index >= 15 is 0 Å². The number of nitrogens with one attached hydrogen (secondary N) is 2. The van der Waals surface area contributed by atoms with Crippen LogP contribution in [0.4, 0.5) is 0 Å². The van der Waals surface area contributed by atoms with Crippen molar-refractivity contribution in [2.45, 2.75) is 0 Å². The van der Waals surface area contributed by atoms with E-state index in [0.717, 1.165) is 14.3 Å². The van der Waals surface area contributed by atoms with Crippen molar-refractivity contribution in [2.24, 2.45) is 5.10 Å². The number of carbonyl (C=O) groups excluding carboxylic acids is 3. The molecule has 4 aromatic rings. The van der Waals surface area contributed by atoms with Gasteiger partial charge in [-0.2, -0.15) is 5.10 Å². The van der Waals surface area contributed by atoms with E-state index in [-0.39, 0.29) is 23.8 Å². The van der Waals surface area contributed by atoms with Gasteiger partial charge in [0.25, 0.3) is 11.8 Å². The Balaban J connectivity index is 1.50. The molecular formula is C29H24IN3O6. The maximum atomic E-state index is 13.0. The molecule has 0 aliphatic carbocycles. The minimum absolute atomic E-state index is 0.249. The summed E-state index contributed by atoms with van der Waals surface area (Å²) in [6.07, 6.45) is 1.40. The van der Waals surface area contributed by atoms with Crippen molar-refractivity contribution in [1.82, 2.24) is 10.7 Å². The van der Waals surface area contributed by atoms with Gasteiger partial charge in [0.2, 0.25) is 0 Å². The minimum atomic E-state index is -0.608. The summed E-state index contributed by atoms with van der Waals surface area (Å²) in [6.45, 7) is -0.266. The van der Waals surface area contributed by atoms with Gasteiger partial charge < -0.3 is 19.5 Å². The van der Waals surface area contributed by atoms with Crippen LogP contribution in [0.25, 0.3) is 10.8 Å². The molecule has 0 bridgehead atoms. The Kier molecular flexibility index (Phi) is 9.10. The van der Waals surface area contributed by atoms with Gasteiger partial charge in [0.1, 0.15) is 5.75 Å². The van der Waals surface area contributed by atoms with Gasteiger partial charge in [0.05, 0.1) is 38.1 Å². The molecule has 0 aromatic heterocycles. The molecule has 4 aromatic carbocycles. The number of benzene rings is 4. The quantitative estimate of drug-likeness (QED) is 0.0915. The number of methoxy groups -OCH3 is 2. The fourth-order valence-electron chi connectivity index (χ4n) is 3.73. The Morgan fingerprint density at radius 3 is 2.36 bits per heavy atom. The predicted octanol–water partition coefficient (Wildman–Crippen LogP) is 4.56. The number of esters is 1. The topological polar surface area (TPSA) is 115 Å². The summed E-state index contributed by atoms with van der Waals surface area (Å²) in [7, 11) is 2.99. The van der Waals surface area contributed by atoms with E-state index in [2.05, 4.69) is 38.4 Å². The first-order valence-corrected chi connectivity index (χ1v) is 12.8. The zero-order chi connectivity index (χ0) is 27.8. The van der Waals surface area contributed by atoms with Crippen molar-refractivity contribution in [1.29, 1.82) is 0 Å². The summed E-state index contributed by atoms with van der Waals surface area (Å²) < 4.78 is 17.0. The molecule has 0 aliphatic rings. The first kappa shape index (κ1) is 27.6. The number of fused-ring (bicyclic) bond motifs is 1. The highest BCUT2D eigenvalue weighted by atomic mass is 127. The van der Waals surface area contributed by atoms with E-state index in [1.807, 2.05) is 36.4 Å². The number of amides is 2. The maximum Gasteiger partial charge on any atom is 0.343 e. The van der Waals surface area contributed by atoms with E-state index < -0.39 is 11.9 Å². The molecule has 0 saturated heterocycles. The van der Waals surface area contributed by atoms with E-state index in [1.165, 1.54) is 26.5 Å². The Hall–Kier alpha value is -4.45. The molecule has 0 saturated carbocycles. The van der Waals surface area contributed by atoms with Gasteiger partial charge >= 0.3 is 5.97 Å². The Morgan fingerprint density at radius 2 is 1.59 bits per heavy atom. The molecule has 0 atom stereocenters. The molecule has 0 spiro atoms. The fraction of sp³-hybridized carbons (Fsp3) is 0.103. The summed E-state index contributed by atoms with van der Waals surface area (Å²) in [6, 6.07) is 22.8. The zero-order valence-electron chi connectivity index (χ0n) is 21.1. The normalized spacial score (nSPS) is 10.7. The number of rotatable bonds is 9. The zero-order valence-corrected chi connectivity index (χ0v) is 23.2. The van der Waals surface area contributed by atoms with Crippen molar-refractivity contribution in [3.63, 3.8) is 0 Å². The highest BCUT2D eigenvalue weighted by molar-refractivity contribution is 14.1. The van der Waals surface area contributed by atoms with Crippen LogP contribution in [0.5, 0.6) is 17.2 Å². The molecule has 0 aliphatic heterocycles. The Bertz CT molecular complexity index is 1570. The van der Waals surface area contributed by atoms with Crippen molar-refractivity contribution in [2.75, 3.05) is 20.8 Å².